The molecule has 0 aromatic heterocycles. The van der Waals surface area contributed by atoms with Crippen molar-refractivity contribution in [1.82, 2.24) is 5.32 Å². The first-order valence-corrected chi connectivity index (χ1v) is 27.6. The standard InChI is InChI=1S/C56H109NO4/c1-3-5-7-9-11-13-15-17-19-20-21-22-23-24-25-26-27-28-29-30-31-32-33-34-35-37-39-41-43-45-47-49-51-55(60)56(61)57-53(52-58)54(59)50-48-46-44-42-40-38-36-18-16-14-12-10-8-6-4-2/h21-22,24-25,53-55,58-60H,3-20,23,26-52H2,1-2H3,(H,57,61)/b22-21-,25-24-. The summed E-state index contributed by atoms with van der Waals surface area (Å²) >= 11 is 0. The van der Waals surface area contributed by atoms with Crippen molar-refractivity contribution in [2.24, 2.45) is 0 Å². The van der Waals surface area contributed by atoms with Gasteiger partial charge >= 0.3 is 0 Å². The number of carbonyl (C=O) groups is 1. The largest absolute Gasteiger partial charge is 0.394 e. The molecule has 4 N–H and O–H groups in total. The van der Waals surface area contributed by atoms with Gasteiger partial charge in [-0.25, -0.2) is 0 Å². The van der Waals surface area contributed by atoms with Gasteiger partial charge in [0.15, 0.2) is 0 Å². The first-order chi connectivity index (χ1) is 30.1. The fourth-order valence-corrected chi connectivity index (χ4v) is 8.75. The highest BCUT2D eigenvalue weighted by molar-refractivity contribution is 5.80. The Hall–Kier alpha value is -1.17. The number of aliphatic hydroxyl groups is 3. The summed E-state index contributed by atoms with van der Waals surface area (Å²) in [6.07, 6.45) is 65.1. The first-order valence-electron chi connectivity index (χ1n) is 27.6. The third kappa shape index (κ3) is 46.6. The van der Waals surface area contributed by atoms with E-state index in [4.69, 9.17) is 0 Å². The number of hydrogen-bond acceptors (Lipinski definition) is 4. The third-order valence-corrected chi connectivity index (χ3v) is 13.1. The van der Waals surface area contributed by atoms with E-state index in [-0.39, 0.29) is 6.61 Å². The van der Waals surface area contributed by atoms with Crippen LogP contribution in [0.2, 0.25) is 0 Å². The summed E-state index contributed by atoms with van der Waals surface area (Å²) in [5.41, 5.74) is 0. The SMILES string of the molecule is CCCCCCCCCCC/C=C\C/C=C\CCCCCCCCCCCCCCCCCCC(O)C(=O)NC(CO)C(O)CCCCCCCCCCCCCCCCC. The van der Waals surface area contributed by atoms with E-state index in [9.17, 15) is 20.1 Å². The van der Waals surface area contributed by atoms with Crippen molar-refractivity contribution in [3.63, 3.8) is 0 Å². The summed E-state index contributed by atoms with van der Waals surface area (Å²) in [7, 11) is 0. The quantitative estimate of drug-likeness (QED) is 0.0362. The minimum Gasteiger partial charge on any atom is -0.394 e. The van der Waals surface area contributed by atoms with Gasteiger partial charge in [0.05, 0.1) is 18.8 Å². The van der Waals surface area contributed by atoms with Crippen LogP contribution in [0.4, 0.5) is 0 Å². The highest BCUT2D eigenvalue weighted by Gasteiger charge is 2.23. The number of rotatable bonds is 51. The van der Waals surface area contributed by atoms with Crippen LogP contribution in [0.1, 0.15) is 303 Å². The van der Waals surface area contributed by atoms with Gasteiger partial charge in [0.25, 0.3) is 0 Å². The van der Waals surface area contributed by atoms with E-state index in [0.717, 1.165) is 38.5 Å². The molecule has 0 heterocycles. The molecule has 1 amide bonds. The maximum absolute atomic E-state index is 12.5. The molecule has 3 atom stereocenters. The molecule has 0 rings (SSSR count). The summed E-state index contributed by atoms with van der Waals surface area (Å²) in [5.74, 6) is -0.466. The molecule has 0 spiro atoms. The van der Waals surface area contributed by atoms with Crippen molar-refractivity contribution in [3.8, 4) is 0 Å². The van der Waals surface area contributed by atoms with E-state index in [1.165, 1.54) is 238 Å². The van der Waals surface area contributed by atoms with Crippen LogP contribution in [0, 0.1) is 0 Å². The zero-order chi connectivity index (χ0) is 44.4. The average molecular weight is 860 g/mol. The zero-order valence-corrected chi connectivity index (χ0v) is 41.3. The fraction of sp³-hybridized carbons (Fsp3) is 0.911. The Kier molecular flexibility index (Phi) is 50.5. The number of amides is 1. The maximum atomic E-state index is 12.5. The lowest BCUT2D eigenvalue weighted by Crippen LogP contribution is -2.49. The van der Waals surface area contributed by atoms with Gasteiger partial charge in [-0.3, -0.25) is 4.79 Å². The Morgan fingerprint density at radius 1 is 0.393 bits per heavy atom. The lowest BCUT2D eigenvalue weighted by molar-refractivity contribution is -0.131. The molecular formula is C56H109NO4. The van der Waals surface area contributed by atoms with Crippen LogP contribution < -0.4 is 5.32 Å². The van der Waals surface area contributed by atoms with Crippen molar-refractivity contribution < 1.29 is 20.1 Å². The van der Waals surface area contributed by atoms with Crippen LogP contribution in [0.5, 0.6) is 0 Å². The number of carbonyl (C=O) groups excluding carboxylic acids is 1. The second-order valence-electron chi connectivity index (χ2n) is 19.1. The van der Waals surface area contributed by atoms with Gasteiger partial charge in [0.1, 0.15) is 6.10 Å². The molecule has 0 bridgehead atoms. The van der Waals surface area contributed by atoms with Crippen LogP contribution in [-0.2, 0) is 4.79 Å². The Bertz CT molecular complexity index is 905. The van der Waals surface area contributed by atoms with E-state index >= 15 is 0 Å². The molecule has 0 aromatic rings. The summed E-state index contributed by atoms with van der Waals surface area (Å²) < 4.78 is 0. The lowest BCUT2D eigenvalue weighted by Gasteiger charge is -2.23. The normalized spacial score (nSPS) is 13.5. The number of allylic oxidation sites excluding steroid dienone is 4. The Labute approximate surface area is 382 Å². The molecule has 0 saturated carbocycles. The fourth-order valence-electron chi connectivity index (χ4n) is 8.75. The summed E-state index contributed by atoms with van der Waals surface area (Å²) in [6, 6.07) is -0.710. The predicted octanol–water partition coefficient (Wildman–Crippen LogP) is 16.9. The van der Waals surface area contributed by atoms with E-state index in [2.05, 4.69) is 43.5 Å². The molecule has 5 nitrogen and oxygen atoms in total. The van der Waals surface area contributed by atoms with Crippen LogP contribution in [0.3, 0.4) is 0 Å². The van der Waals surface area contributed by atoms with Crippen molar-refractivity contribution in [2.45, 2.75) is 321 Å². The molecule has 362 valence electrons. The topological polar surface area (TPSA) is 89.8 Å². The first kappa shape index (κ1) is 59.8. The Morgan fingerprint density at radius 3 is 0.984 bits per heavy atom. The van der Waals surface area contributed by atoms with Crippen LogP contribution in [0.15, 0.2) is 24.3 Å². The predicted molar refractivity (Wildman–Crippen MR) is 268 cm³/mol. The van der Waals surface area contributed by atoms with E-state index < -0.39 is 24.2 Å². The van der Waals surface area contributed by atoms with Crippen LogP contribution >= 0.6 is 0 Å². The third-order valence-electron chi connectivity index (χ3n) is 13.1. The van der Waals surface area contributed by atoms with Crippen molar-refractivity contribution in [1.29, 1.82) is 0 Å². The minimum absolute atomic E-state index is 0.310. The van der Waals surface area contributed by atoms with Crippen LogP contribution in [0.25, 0.3) is 0 Å². The summed E-state index contributed by atoms with van der Waals surface area (Å²) in [5, 5.41) is 33.5. The molecule has 0 aromatic carbocycles. The highest BCUT2D eigenvalue weighted by atomic mass is 16.3. The van der Waals surface area contributed by atoms with Gasteiger partial charge in [-0.2, -0.15) is 0 Å². The lowest BCUT2D eigenvalue weighted by atomic mass is 10.0. The Morgan fingerprint density at radius 2 is 0.672 bits per heavy atom. The van der Waals surface area contributed by atoms with E-state index in [0.29, 0.717) is 12.8 Å². The van der Waals surface area contributed by atoms with Crippen molar-refractivity contribution in [2.75, 3.05) is 6.61 Å². The molecule has 0 radical (unpaired) electrons. The average Bonchev–Trinajstić information content (AvgIpc) is 3.26. The zero-order valence-electron chi connectivity index (χ0n) is 41.3. The van der Waals surface area contributed by atoms with Gasteiger partial charge in [0.2, 0.25) is 5.91 Å². The monoisotopic (exact) mass is 860 g/mol. The highest BCUT2D eigenvalue weighted by Crippen LogP contribution is 2.17. The maximum Gasteiger partial charge on any atom is 0.249 e. The summed E-state index contributed by atoms with van der Waals surface area (Å²) in [4.78, 5) is 12.5. The smallest absolute Gasteiger partial charge is 0.249 e. The Balaban J connectivity index is 3.50. The molecule has 5 heteroatoms. The second kappa shape index (κ2) is 51.5. The molecule has 0 aliphatic heterocycles. The number of unbranched alkanes of at least 4 members (excludes halogenated alkanes) is 39. The molecule has 3 unspecified atom stereocenters. The molecule has 0 fully saturated rings. The molecule has 61 heavy (non-hydrogen) atoms. The number of nitrogens with one attached hydrogen (secondary N) is 1. The van der Waals surface area contributed by atoms with E-state index in [1.807, 2.05) is 0 Å². The number of hydrogen-bond donors (Lipinski definition) is 4. The van der Waals surface area contributed by atoms with Gasteiger partial charge in [-0.15, -0.1) is 0 Å². The van der Waals surface area contributed by atoms with Crippen molar-refractivity contribution in [3.05, 3.63) is 24.3 Å². The van der Waals surface area contributed by atoms with Crippen molar-refractivity contribution >= 4 is 5.91 Å². The molecule has 0 saturated heterocycles. The summed E-state index contributed by atoms with van der Waals surface area (Å²) in [6.45, 7) is 4.25. The molecular weight excluding hydrogens is 751 g/mol. The second-order valence-corrected chi connectivity index (χ2v) is 19.1. The van der Waals surface area contributed by atoms with E-state index in [1.54, 1.807) is 0 Å². The van der Waals surface area contributed by atoms with Gasteiger partial charge in [-0.05, 0) is 44.9 Å². The van der Waals surface area contributed by atoms with Gasteiger partial charge < -0.3 is 20.6 Å². The molecule has 0 aliphatic carbocycles. The van der Waals surface area contributed by atoms with Gasteiger partial charge in [0, 0.05) is 0 Å². The van der Waals surface area contributed by atoms with Gasteiger partial charge in [-0.1, -0.05) is 282 Å². The van der Waals surface area contributed by atoms with Crippen LogP contribution in [-0.4, -0.2) is 46.1 Å². The minimum atomic E-state index is -1.07. The number of aliphatic hydroxyl groups excluding tert-OH is 3. The molecule has 0 aliphatic rings.